The van der Waals surface area contributed by atoms with Gasteiger partial charge in [-0.3, -0.25) is 4.79 Å². The Bertz CT molecular complexity index is 982. The summed E-state index contributed by atoms with van der Waals surface area (Å²) >= 11 is 0. The normalized spacial score (nSPS) is 11.3. The maximum atomic E-state index is 12.9. The molecule has 0 saturated carbocycles. The predicted molar refractivity (Wildman–Crippen MR) is 96.7 cm³/mol. The lowest BCUT2D eigenvalue weighted by atomic mass is 10.2. The smallest absolute Gasteiger partial charge is 0.416 e. The molecule has 3 rings (SSSR count). The van der Waals surface area contributed by atoms with Crippen molar-refractivity contribution in [2.24, 2.45) is 0 Å². The van der Waals surface area contributed by atoms with Gasteiger partial charge < -0.3 is 10.1 Å². The summed E-state index contributed by atoms with van der Waals surface area (Å²) < 4.78 is 45.3. The average Bonchev–Trinajstić information content (AvgIpc) is 3.04. The van der Waals surface area contributed by atoms with E-state index in [9.17, 15) is 18.0 Å². The molecule has 9 heteroatoms. The third-order valence-electron chi connectivity index (χ3n) is 3.95. The number of hydrogen-bond acceptors (Lipinski definition) is 4. The number of alkyl halides is 3. The molecule has 0 spiro atoms. The minimum absolute atomic E-state index is 0.0197. The highest BCUT2D eigenvalue weighted by atomic mass is 19.4. The van der Waals surface area contributed by atoms with Crippen LogP contribution in [0.2, 0.25) is 0 Å². The first-order chi connectivity index (χ1) is 13.3. The zero-order chi connectivity index (χ0) is 20.3. The molecule has 1 amide bonds. The molecular weight excluding hydrogens is 373 g/mol. The van der Waals surface area contributed by atoms with Crippen molar-refractivity contribution in [3.63, 3.8) is 0 Å². The quantitative estimate of drug-likeness (QED) is 0.707. The van der Waals surface area contributed by atoms with Gasteiger partial charge in [0.25, 0.3) is 5.91 Å². The van der Waals surface area contributed by atoms with Crippen molar-refractivity contribution in [1.82, 2.24) is 15.0 Å². The number of hydrogen-bond donors (Lipinski definition) is 1. The van der Waals surface area contributed by atoms with Crippen molar-refractivity contribution >= 4 is 11.6 Å². The maximum Gasteiger partial charge on any atom is 0.416 e. The Morgan fingerprint density at radius 3 is 2.54 bits per heavy atom. The molecule has 0 aliphatic heterocycles. The van der Waals surface area contributed by atoms with E-state index >= 15 is 0 Å². The summed E-state index contributed by atoms with van der Waals surface area (Å²) in [6.45, 7) is 3.96. The Kier molecular flexibility index (Phi) is 5.34. The van der Waals surface area contributed by atoms with Crippen molar-refractivity contribution in [2.45, 2.75) is 20.0 Å². The van der Waals surface area contributed by atoms with E-state index in [1.54, 1.807) is 31.2 Å². The fourth-order valence-corrected chi connectivity index (χ4v) is 2.59. The van der Waals surface area contributed by atoms with Crippen molar-refractivity contribution < 1.29 is 22.7 Å². The minimum atomic E-state index is -4.47. The standard InChI is InChI=1S/C19H17F3N4O2/c1-3-28-16-9-7-14(8-10-16)23-18(27)17-12(2)26(25-24-17)15-6-4-5-13(11-15)19(20,21)22/h4-11H,3H2,1-2H3,(H,23,27). The van der Waals surface area contributed by atoms with Gasteiger partial charge in [0.2, 0.25) is 0 Å². The summed E-state index contributed by atoms with van der Waals surface area (Å²) in [7, 11) is 0. The van der Waals surface area contributed by atoms with Gasteiger partial charge in [0, 0.05) is 5.69 Å². The van der Waals surface area contributed by atoms with Gasteiger partial charge in [-0.1, -0.05) is 11.3 Å². The number of halogens is 3. The third-order valence-corrected chi connectivity index (χ3v) is 3.95. The lowest BCUT2D eigenvalue weighted by Gasteiger charge is -2.09. The lowest BCUT2D eigenvalue weighted by molar-refractivity contribution is -0.137. The number of nitrogens with one attached hydrogen (secondary N) is 1. The number of aromatic nitrogens is 3. The number of carbonyl (C=O) groups excluding carboxylic acids is 1. The van der Waals surface area contributed by atoms with E-state index in [1.165, 1.54) is 16.8 Å². The molecule has 0 bridgehead atoms. The first-order valence-corrected chi connectivity index (χ1v) is 8.43. The molecule has 0 aliphatic carbocycles. The number of ether oxygens (including phenoxy) is 1. The molecule has 1 aromatic heterocycles. The predicted octanol–water partition coefficient (Wildman–Crippen LogP) is 4.25. The summed E-state index contributed by atoms with van der Waals surface area (Å²) in [4.78, 5) is 12.5. The Hall–Kier alpha value is -3.36. The van der Waals surface area contributed by atoms with Crippen LogP contribution in [-0.4, -0.2) is 27.5 Å². The largest absolute Gasteiger partial charge is 0.494 e. The SMILES string of the molecule is CCOc1ccc(NC(=O)c2nnn(-c3cccc(C(F)(F)F)c3)c2C)cc1. The fraction of sp³-hybridized carbons (Fsp3) is 0.211. The van der Waals surface area contributed by atoms with Gasteiger partial charge in [-0.15, -0.1) is 5.10 Å². The second-order valence-corrected chi connectivity index (χ2v) is 5.89. The second-order valence-electron chi connectivity index (χ2n) is 5.89. The second kappa shape index (κ2) is 7.71. The van der Waals surface area contributed by atoms with Crippen LogP contribution in [0.1, 0.15) is 28.7 Å². The highest BCUT2D eigenvalue weighted by Gasteiger charge is 2.31. The maximum absolute atomic E-state index is 12.9. The van der Waals surface area contributed by atoms with Gasteiger partial charge in [0.15, 0.2) is 5.69 Å². The van der Waals surface area contributed by atoms with Crippen LogP contribution in [0.15, 0.2) is 48.5 Å². The zero-order valence-electron chi connectivity index (χ0n) is 15.1. The van der Waals surface area contributed by atoms with Crippen molar-refractivity contribution in [1.29, 1.82) is 0 Å². The summed E-state index contributed by atoms with van der Waals surface area (Å²) in [5, 5.41) is 10.3. The van der Waals surface area contributed by atoms with Crippen LogP contribution in [-0.2, 0) is 6.18 Å². The molecule has 6 nitrogen and oxygen atoms in total. The molecule has 2 aromatic carbocycles. The van der Waals surface area contributed by atoms with Crippen LogP contribution in [0.3, 0.4) is 0 Å². The van der Waals surface area contributed by atoms with Crippen LogP contribution in [0.4, 0.5) is 18.9 Å². The molecule has 0 saturated heterocycles. The van der Waals surface area contributed by atoms with E-state index in [0.717, 1.165) is 12.1 Å². The van der Waals surface area contributed by atoms with E-state index in [0.29, 0.717) is 23.7 Å². The molecule has 146 valence electrons. The minimum Gasteiger partial charge on any atom is -0.494 e. The van der Waals surface area contributed by atoms with E-state index in [1.807, 2.05) is 6.92 Å². The van der Waals surface area contributed by atoms with Crippen LogP contribution < -0.4 is 10.1 Å². The summed E-state index contributed by atoms with van der Waals surface area (Å²) in [5.41, 5.74) is 0.232. The number of anilines is 1. The molecule has 28 heavy (non-hydrogen) atoms. The van der Waals surface area contributed by atoms with Crippen LogP contribution in [0.5, 0.6) is 5.75 Å². The molecule has 0 fully saturated rings. The number of amides is 1. The Balaban J connectivity index is 1.82. The highest BCUT2D eigenvalue weighted by Crippen LogP contribution is 2.30. The molecule has 1 N–H and O–H groups in total. The lowest BCUT2D eigenvalue weighted by Crippen LogP contribution is -2.14. The number of nitrogens with zero attached hydrogens (tertiary/aromatic N) is 3. The number of benzene rings is 2. The van der Waals surface area contributed by atoms with E-state index < -0.39 is 17.6 Å². The molecule has 0 atom stereocenters. The van der Waals surface area contributed by atoms with Crippen molar-refractivity contribution in [3.05, 3.63) is 65.5 Å². The van der Waals surface area contributed by atoms with E-state index in [-0.39, 0.29) is 11.4 Å². The van der Waals surface area contributed by atoms with E-state index in [4.69, 9.17) is 4.74 Å². The van der Waals surface area contributed by atoms with Crippen LogP contribution in [0.25, 0.3) is 5.69 Å². The molecule has 0 aliphatic rings. The highest BCUT2D eigenvalue weighted by molar-refractivity contribution is 6.03. The molecule has 3 aromatic rings. The zero-order valence-corrected chi connectivity index (χ0v) is 15.1. The molecule has 0 unspecified atom stereocenters. The van der Waals surface area contributed by atoms with Crippen LogP contribution >= 0.6 is 0 Å². The average molecular weight is 390 g/mol. The van der Waals surface area contributed by atoms with Gasteiger partial charge >= 0.3 is 6.18 Å². The van der Waals surface area contributed by atoms with Gasteiger partial charge in [-0.2, -0.15) is 13.2 Å². The summed E-state index contributed by atoms with van der Waals surface area (Å²) in [5.74, 6) is 0.159. The van der Waals surface area contributed by atoms with Crippen molar-refractivity contribution in [2.75, 3.05) is 11.9 Å². The van der Waals surface area contributed by atoms with Gasteiger partial charge in [0.05, 0.1) is 23.6 Å². The summed E-state index contributed by atoms with van der Waals surface area (Å²) in [6.07, 6.45) is -4.47. The van der Waals surface area contributed by atoms with Gasteiger partial charge in [-0.25, -0.2) is 4.68 Å². The monoisotopic (exact) mass is 390 g/mol. The Morgan fingerprint density at radius 2 is 1.89 bits per heavy atom. The molecule has 0 radical (unpaired) electrons. The Morgan fingerprint density at radius 1 is 1.18 bits per heavy atom. The topological polar surface area (TPSA) is 69.0 Å². The molecular formula is C19H17F3N4O2. The number of rotatable bonds is 5. The first kappa shape index (κ1) is 19.4. The molecule has 1 heterocycles. The summed E-state index contributed by atoms with van der Waals surface area (Å²) in [6, 6.07) is 11.4. The van der Waals surface area contributed by atoms with Crippen LogP contribution in [0, 0.1) is 6.92 Å². The van der Waals surface area contributed by atoms with E-state index in [2.05, 4.69) is 15.6 Å². The van der Waals surface area contributed by atoms with Gasteiger partial charge in [-0.05, 0) is 56.3 Å². The van der Waals surface area contributed by atoms with Gasteiger partial charge in [0.1, 0.15) is 5.75 Å². The van der Waals surface area contributed by atoms with Crippen molar-refractivity contribution in [3.8, 4) is 11.4 Å². The first-order valence-electron chi connectivity index (χ1n) is 8.43. The fourth-order valence-electron chi connectivity index (χ4n) is 2.59. The Labute approximate surface area is 158 Å². The number of carbonyl (C=O) groups is 1. The third kappa shape index (κ3) is 4.13.